The molecule has 0 radical (unpaired) electrons. The molecule has 0 fully saturated rings. The number of carbonyl (C=O) groups excluding carboxylic acids is 1. The van der Waals surface area contributed by atoms with Gasteiger partial charge < -0.3 is 0 Å². The first-order valence-corrected chi connectivity index (χ1v) is 7.10. The summed E-state index contributed by atoms with van der Waals surface area (Å²) in [5.74, 6) is -0.416. The summed E-state index contributed by atoms with van der Waals surface area (Å²) in [5.41, 5.74) is 2.29. The van der Waals surface area contributed by atoms with E-state index in [9.17, 15) is 9.18 Å². The summed E-state index contributed by atoms with van der Waals surface area (Å²) < 4.78 is 14.1. The highest BCUT2D eigenvalue weighted by atomic mass is 35.5. The number of fused-ring (bicyclic) bond motifs is 3. The number of hydrogen-bond donors (Lipinski definition) is 0. The fourth-order valence-electron chi connectivity index (χ4n) is 3.45. The Labute approximate surface area is 126 Å². The number of aliphatic imine (C=N–C) groups is 1. The molecule has 104 valence electrons. The molecule has 1 atom stereocenters. The van der Waals surface area contributed by atoms with Crippen LogP contribution in [0.4, 0.5) is 10.1 Å². The average molecular weight is 300 g/mol. The molecule has 0 bridgehead atoms. The maximum absolute atomic E-state index is 14.1. The Bertz CT molecular complexity index is 843. The van der Waals surface area contributed by atoms with Crippen LogP contribution in [-0.4, -0.2) is 11.5 Å². The highest BCUT2D eigenvalue weighted by molar-refractivity contribution is 6.31. The smallest absolute Gasteiger partial charge is 0.179 e. The van der Waals surface area contributed by atoms with Crippen molar-refractivity contribution in [2.45, 2.75) is 18.8 Å². The van der Waals surface area contributed by atoms with Crippen LogP contribution in [0.5, 0.6) is 0 Å². The lowest BCUT2D eigenvalue weighted by molar-refractivity contribution is 0.0946. The molecule has 1 aliphatic carbocycles. The molecule has 2 aromatic rings. The summed E-state index contributed by atoms with van der Waals surface area (Å²) in [7, 11) is 0. The van der Waals surface area contributed by atoms with Crippen molar-refractivity contribution in [3.8, 4) is 0 Å². The maximum atomic E-state index is 14.1. The van der Waals surface area contributed by atoms with Gasteiger partial charge in [0.05, 0.1) is 5.69 Å². The van der Waals surface area contributed by atoms with E-state index in [0.717, 1.165) is 11.3 Å². The van der Waals surface area contributed by atoms with E-state index in [0.29, 0.717) is 28.3 Å². The molecule has 21 heavy (non-hydrogen) atoms. The third-order valence-corrected chi connectivity index (χ3v) is 4.75. The average Bonchev–Trinajstić information content (AvgIpc) is 2.91. The zero-order valence-corrected chi connectivity index (χ0v) is 12.0. The van der Waals surface area contributed by atoms with Crippen LogP contribution < -0.4 is 0 Å². The number of hydrogen-bond acceptors (Lipinski definition) is 2. The number of carbonyl (C=O) groups is 1. The fraction of sp³-hybridized carbons (Fsp3) is 0.176. The molecule has 0 amide bonds. The van der Waals surface area contributed by atoms with Crippen LogP contribution in [0.3, 0.4) is 0 Å². The summed E-state index contributed by atoms with van der Waals surface area (Å²) >= 11 is 6.09. The SMILES string of the molecule is CC1=Nc2ccc(Cl)cc2C12Cc1c(F)cccc1C2=O. The van der Waals surface area contributed by atoms with Gasteiger partial charge in [0.1, 0.15) is 11.2 Å². The quantitative estimate of drug-likeness (QED) is 0.714. The summed E-state index contributed by atoms with van der Waals surface area (Å²) in [6.45, 7) is 1.83. The second-order valence-corrected chi connectivity index (χ2v) is 5.97. The third-order valence-electron chi connectivity index (χ3n) is 4.52. The molecule has 1 aliphatic heterocycles. The van der Waals surface area contributed by atoms with Crippen molar-refractivity contribution >= 4 is 28.8 Å². The minimum Gasteiger partial charge on any atom is -0.293 e. The van der Waals surface area contributed by atoms with Crippen LogP contribution in [-0.2, 0) is 11.8 Å². The van der Waals surface area contributed by atoms with Crippen molar-refractivity contribution < 1.29 is 9.18 Å². The van der Waals surface area contributed by atoms with Crippen molar-refractivity contribution in [3.63, 3.8) is 0 Å². The molecule has 0 saturated carbocycles. The van der Waals surface area contributed by atoms with Crippen molar-refractivity contribution in [3.05, 3.63) is 63.9 Å². The number of ketones is 1. The van der Waals surface area contributed by atoms with Crippen molar-refractivity contribution in [1.29, 1.82) is 0 Å². The molecule has 1 heterocycles. The molecule has 0 saturated heterocycles. The Morgan fingerprint density at radius 3 is 2.86 bits per heavy atom. The van der Waals surface area contributed by atoms with Gasteiger partial charge in [0.25, 0.3) is 0 Å². The van der Waals surface area contributed by atoms with Gasteiger partial charge in [0.2, 0.25) is 0 Å². The Kier molecular flexibility index (Phi) is 2.43. The molecule has 2 aliphatic rings. The van der Waals surface area contributed by atoms with Crippen LogP contribution in [0.15, 0.2) is 41.4 Å². The summed E-state index contributed by atoms with van der Waals surface area (Å²) in [6.07, 6.45) is 0.316. The highest BCUT2D eigenvalue weighted by Crippen LogP contribution is 2.49. The van der Waals surface area contributed by atoms with E-state index >= 15 is 0 Å². The van der Waals surface area contributed by atoms with E-state index < -0.39 is 5.41 Å². The van der Waals surface area contributed by atoms with E-state index in [2.05, 4.69) is 4.99 Å². The fourth-order valence-corrected chi connectivity index (χ4v) is 3.63. The van der Waals surface area contributed by atoms with Gasteiger partial charge in [0, 0.05) is 21.9 Å². The molecule has 1 spiro atoms. The van der Waals surface area contributed by atoms with Gasteiger partial charge in [-0.25, -0.2) is 4.39 Å². The Morgan fingerprint density at radius 1 is 1.29 bits per heavy atom. The summed E-state index contributed by atoms with van der Waals surface area (Å²) in [6, 6.07) is 9.99. The number of halogens is 2. The Hall–Kier alpha value is -2.00. The van der Waals surface area contributed by atoms with Gasteiger partial charge in [-0.05, 0) is 43.2 Å². The topological polar surface area (TPSA) is 29.4 Å². The third kappa shape index (κ3) is 1.47. The predicted molar refractivity (Wildman–Crippen MR) is 80.3 cm³/mol. The number of rotatable bonds is 0. The van der Waals surface area contributed by atoms with Crippen molar-refractivity contribution in [2.75, 3.05) is 0 Å². The molecule has 0 N–H and O–H groups in total. The zero-order valence-electron chi connectivity index (χ0n) is 11.3. The first kappa shape index (κ1) is 12.7. The second-order valence-electron chi connectivity index (χ2n) is 5.54. The highest BCUT2D eigenvalue weighted by Gasteiger charge is 2.53. The molecule has 2 aromatic carbocycles. The van der Waals surface area contributed by atoms with Gasteiger partial charge in [0.15, 0.2) is 5.78 Å². The maximum Gasteiger partial charge on any atom is 0.179 e. The van der Waals surface area contributed by atoms with E-state index in [1.54, 1.807) is 24.3 Å². The lowest BCUT2D eigenvalue weighted by Crippen LogP contribution is -2.38. The normalized spacial score (nSPS) is 22.4. The zero-order chi connectivity index (χ0) is 14.8. The molecule has 4 rings (SSSR count). The number of benzene rings is 2. The summed E-state index contributed by atoms with van der Waals surface area (Å²) in [4.78, 5) is 17.5. The van der Waals surface area contributed by atoms with Gasteiger partial charge in [-0.1, -0.05) is 23.7 Å². The van der Waals surface area contributed by atoms with Gasteiger partial charge in [-0.3, -0.25) is 9.79 Å². The van der Waals surface area contributed by atoms with Gasteiger partial charge in [-0.2, -0.15) is 0 Å². The van der Waals surface area contributed by atoms with E-state index in [1.807, 2.05) is 13.0 Å². The number of Topliss-reactive ketones (excluding diaryl/α,β-unsaturated/α-hetero) is 1. The van der Waals surface area contributed by atoms with Gasteiger partial charge in [-0.15, -0.1) is 0 Å². The van der Waals surface area contributed by atoms with E-state index in [4.69, 9.17) is 11.6 Å². The lowest BCUT2D eigenvalue weighted by Gasteiger charge is -2.23. The molecule has 4 heteroatoms. The minimum absolute atomic E-state index is 0.0840. The van der Waals surface area contributed by atoms with Crippen LogP contribution in [0.25, 0.3) is 0 Å². The van der Waals surface area contributed by atoms with E-state index in [-0.39, 0.29) is 11.6 Å². The van der Waals surface area contributed by atoms with Crippen LogP contribution in [0.1, 0.15) is 28.4 Å². The second kappa shape index (κ2) is 4.01. The molecule has 1 unspecified atom stereocenters. The van der Waals surface area contributed by atoms with Crippen LogP contribution in [0.2, 0.25) is 5.02 Å². The molecular weight excluding hydrogens is 289 g/mol. The molecule has 0 aromatic heterocycles. The van der Waals surface area contributed by atoms with E-state index in [1.165, 1.54) is 6.07 Å². The first-order chi connectivity index (χ1) is 10.0. The lowest BCUT2D eigenvalue weighted by atomic mass is 9.74. The van der Waals surface area contributed by atoms with Gasteiger partial charge >= 0.3 is 0 Å². The molecule has 2 nitrogen and oxygen atoms in total. The predicted octanol–water partition coefficient (Wildman–Crippen LogP) is 4.26. The van der Waals surface area contributed by atoms with Crippen LogP contribution in [0, 0.1) is 5.82 Å². The van der Waals surface area contributed by atoms with Crippen molar-refractivity contribution in [2.24, 2.45) is 4.99 Å². The molecular formula is C17H11ClFNO. The Morgan fingerprint density at radius 2 is 2.10 bits per heavy atom. The standard InChI is InChI=1S/C17H11ClFNO/c1-9-17(13-7-10(18)5-6-15(13)20-9)8-12-11(16(17)21)3-2-4-14(12)19/h2-7H,8H2,1H3. The van der Waals surface area contributed by atoms with Crippen LogP contribution >= 0.6 is 11.6 Å². The monoisotopic (exact) mass is 299 g/mol. The van der Waals surface area contributed by atoms with Crippen molar-refractivity contribution in [1.82, 2.24) is 0 Å². The Balaban J connectivity index is 2.00. The largest absolute Gasteiger partial charge is 0.293 e. The minimum atomic E-state index is -0.884. The number of nitrogens with zero attached hydrogens (tertiary/aromatic N) is 1. The first-order valence-electron chi connectivity index (χ1n) is 6.72. The summed E-state index contributed by atoms with van der Waals surface area (Å²) in [5, 5.41) is 0.558.